The SMILES string of the molecule is CCn1ncnc1C1C2=C3C(=CC1c1ccccc1)C=NN(F)C3=CC(=O)CN2. The van der Waals surface area contributed by atoms with E-state index in [2.05, 4.69) is 38.7 Å². The molecule has 0 bridgehead atoms. The van der Waals surface area contributed by atoms with Crippen LogP contribution in [0.4, 0.5) is 4.48 Å². The van der Waals surface area contributed by atoms with Crippen LogP contribution >= 0.6 is 0 Å². The summed E-state index contributed by atoms with van der Waals surface area (Å²) in [6, 6.07) is 10.1. The van der Waals surface area contributed by atoms with Crippen molar-refractivity contribution in [1.29, 1.82) is 0 Å². The predicted octanol–water partition coefficient (Wildman–Crippen LogP) is 2.60. The first-order chi connectivity index (χ1) is 14.2. The first-order valence-corrected chi connectivity index (χ1v) is 9.55. The highest BCUT2D eigenvalue weighted by Gasteiger charge is 2.41. The van der Waals surface area contributed by atoms with Gasteiger partial charge >= 0.3 is 0 Å². The number of nitrogens with one attached hydrogen (secondary N) is 1. The minimum atomic E-state index is -0.243. The second-order valence-electron chi connectivity index (χ2n) is 7.11. The van der Waals surface area contributed by atoms with Crippen LogP contribution in [0.2, 0.25) is 0 Å². The second kappa shape index (κ2) is 6.80. The van der Waals surface area contributed by atoms with Crippen molar-refractivity contribution in [3.63, 3.8) is 0 Å². The quantitative estimate of drug-likeness (QED) is 0.816. The summed E-state index contributed by atoms with van der Waals surface area (Å²) in [5.74, 6) is 0.251. The summed E-state index contributed by atoms with van der Waals surface area (Å²) < 4.78 is 16.4. The molecule has 1 aromatic carbocycles. The van der Waals surface area contributed by atoms with Crippen LogP contribution in [0.25, 0.3) is 0 Å². The van der Waals surface area contributed by atoms with Crippen molar-refractivity contribution >= 4 is 12.0 Å². The van der Waals surface area contributed by atoms with Gasteiger partial charge in [0.15, 0.2) is 5.78 Å². The molecule has 0 spiro atoms. The van der Waals surface area contributed by atoms with Gasteiger partial charge in [-0.3, -0.25) is 4.79 Å². The molecular formula is C21H19FN6O. The molecule has 1 aromatic heterocycles. The Hall–Kier alpha value is -3.55. The molecule has 5 rings (SSSR count). The van der Waals surface area contributed by atoms with Crippen molar-refractivity contribution in [2.24, 2.45) is 5.10 Å². The molecule has 146 valence electrons. The average Bonchev–Trinajstić information content (AvgIpc) is 3.14. The Morgan fingerprint density at radius 1 is 1.28 bits per heavy atom. The number of hydrogen-bond acceptors (Lipinski definition) is 6. The van der Waals surface area contributed by atoms with E-state index in [1.54, 1.807) is 0 Å². The van der Waals surface area contributed by atoms with E-state index in [0.29, 0.717) is 12.1 Å². The summed E-state index contributed by atoms with van der Waals surface area (Å²) >= 11 is 0. The Bertz CT molecular complexity index is 1100. The van der Waals surface area contributed by atoms with Crippen LogP contribution in [-0.2, 0) is 11.3 Å². The highest BCUT2D eigenvalue weighted by atomic mass is 19.2. The Balaban J connectivity index is 1.77. The van der Waals surface area contributed by atoms with E-state index in [1.165, 1.54) is 18.6 Å². The smallest absolute Gasteiger partial charge is 0.176 e. The number of hydrazone groups is 1. The number of hydrogen-bond donors (Lipinski definition) is 1. The van der Waals surface area contributed by atoms with Crippen LogP contribution in [0.5, 0.6) is 0 Å². The van der Waals surface area contributed by atoms with Gasteiger partial charge in [-0.25, -0.2) is 9.67 Å². The average molecular weight is 390 g/mol. The maximum absolute atomic E-state index is 14.5. The monoisotopic (exact) mass is 390 g/mol. The molecule has 2 atom stereocenters. The summed E-state index contributed by atoms with van der Waals surface area (Å²) in [4.78, 5) is 16.8. The predicted molar refractivity (Wildman–Crippen MR) is 105 cm³/mol. The molecule has 3 aliphatic rings. The maximum atomic E-state index is 14.5. The summed E-state index contributed by atoms with van der Waals surface area (Å²) in [6.45, 7) is 2.75. The molecule has 0 amide bonds. The number of aromatic nitrogens is 3. The van der Waals surface area contributed by atoms with E-state index in [9.17, 15) is 9.28 Å². The topological polar surface area (TPSA) is 75.4 Å². The lowest BCUT2D eigenvalue weighted by Crippen LogP contribution is -2.33. The van der Waals surface area contributed by atoms with Crippen LogP contribution in [0.1, 0.15) is 30.1 Å². The molecule has 0 radical (unpaired) electrons. The number of ketones is 1. The minimum absolute atomic E-state index is 0.0704. The molecule has 29 heavy (non-hydrogen) atoms. The first-order valence-electron chi connectivity index (χ1n) is 9.55. The van der Waals surface area contributed by atoms with Crippen molar-refractivity contribution in [1.82, 2.24) is 25.3 Å². The fraction of sp³-hybridized carbons (Fsp3) is 0.238. The standard InChI is InChI=1S/C21H19FN6O/c1-2-27-21(24-12-26-27)19-16(13-6-4-3-5-7-13)8-14-10-25-28(22)17-9-15(29)11-23-20(19)18(14)17/h3-10,12,16,19,23H,2,11H2,1H3. The number of rotatable bonds is 3. The van der Waals surface area contributed by atoms with Gasteiger partial charge in [-0.15, -0.1) is 5.10 Å². The number of carbonyl (C=O) groups is 1. The molecule has 2 unspecified atom stereocenters. The summed E-state index contributed by atoms with van der Waals surface area (Å²) in [7, 11) is 0. The third kappa shape index (κ3) is 2.79. The fourth-order valence-electron chi connectivity index (χ4n) is 4.25. The Morgan fingerprint density at radius 2 is 2.10 bits per heavy atom. The number of halogens is 1. The van der Waals surface area contributed by atoms with Crippen LogP contribution < -0.4 is 5.32 Å². The van der Waals surface area contributed by atoms with Crippen molar-refractivity contribution < 1.29 is 9.28 Å². The molecule has 7 nitrogen and oxygen atoms in total. The maximum Gasteiger partial charge on any atom is 0.176 e. The number of aryl methyl sites for hydroxylation is 1. The van der Waals surface area contributed by atoms with Gasteiger partial charge in [0.05, 0.1) is 18.7 Å². The van der Waals surface area contributed by atoms with Crippen LogP contribution in [0, 0.1) is 0 Å². The molecule has 3 heterocycles. The van der Waals surface area contributed by atoms with Gasteiger partial charge < -0.3 is 5.32 Å². The largest absolute Gasteiger partial charge is 0.380 e. The van der Waals surface area contributed by atoms with Crippen molar-refractivity contribution in [2.75, 3.05) is 6.54 Å². The van der Waals surface area contributed by atoms with E-state index in [0.717, 1.165) is 22.7 Å². The van der Waals surface area contributed by atoms with Gasteiger partial charge in [0.25, 0.3) is 0 Å². The Kier molecular flexibility index (Phi) is 4.12. The fourth-order valence-corrected chi connectivity index (χ4v) is 4.25. The lowest BCUT2D eigenvalue weighted by molar-refractivity contribution is -0.113. The zero-order chi connectivity index (χ0) is 20.0. The van der Waals surface area contributed by atoms with Crippen molar-refractivity contribution in [3.8, 4) is 0 Å². The number of benzene rings is 1. The number of nitrogens with zero attached hydrogens (tertiary/aromatic N) is 5. The highest BCUT2D eigenvalue weighted by Crippen LogP contribution is 2.47. The highest BCUT2D eigenvalue weighted by molar-refractivity contribution is 5.97. The van der Waals surface area contributed by atoms with Gasteiger partial charge in [-0.2, -0.15) is 5.10 Å². The second-order valence-corrected chi connectivity index (χ2v) is 7.11. The van der Waals surface area contributed by atoms with Crippen LogP contribution in [-0.4, -0.2) is 38.5 Å². The normalized spacial score (nSPS) is 23.2. The summed E-state index contributed by atoms with van der Waals surface area (Å²) in [5.41, 5.74) is 3.46. The number of carbonyl (C=O) groups excluding carboxylic acids is 1. The first kappa shape index (κ1) is 17.5. The van der Waals surface area contributed by atoms with Crippen molar-refractivity contribution in [2.45, 2.75) is 25.3 Å². The Labute approximate surface area is 166 Å². The van der Waals surface area contributed by atoms with Gasteiger partial charge in [0.2, 0.25) is 0 Å². The third-order valence-corrected chi connectivity index (χ3v) is 5.50. The van der Waals surface area contributed by atoms with Crippen LogP contribution in [0.3, 0.4) is 0 Å². The third-order valence-electron chi connectivity index (χ3n) is 5.50. The minimum Gasteiger partial charge on any atom is -0.380 e. The van der Waals surface area contributed by atoms with Gasteiger partial charge in [-0.1, -0.05) is 46.1 Å². The van der Waals surface area contributed by atoms with E-state index in [4.69, 9.17) is 0 Å². The summed E-state index contributed by atoms with van der Waals surface area (Å²) in [5, 5.41) is 11.7. The summed E-state index contributed by atoms with van der Waals surface area (Å²) in [6.07, 6.45) is 6.42. The molecule has 2 aliphatic heterocycles. The molecule has 1 aliphatic carbocycles. The number of allylic oxidation sites excluding steroid dienone is 3. The lowest BCUT2D eigenvalue weighted by atomic mass is 9.74. The van der Waals surface area contributed by atoms with Crippen LogP contribution in [0.15, 0.2) is 76.5 Å². The van der Waals surface area contributed by atoms with E-state index < -0.39 is 0 Å². The van der Waals surface area contributed by atoms with Gasteiger partial charge in [0.1, 0.15) is 17.8 Å². The van der Waals surface area contributed by atoms with E-state index in [1.807, 2.05) is 29.8 Å². The molecular weight excluding hydrogens is 371 g/mol. The molecule has 8 heteroatoms. The molecule has 0 saturated heterocycles. The molecule has 0 fully saturated rings. The molecule has 1 N–H and O–H groups in total. The zero-order valence-electron chi connectivity index (χ0n) is 15.8. The molecule has 2 aromatic rings. The van der Waals surface area contributed by atoms with Crippen molar-refractivity contribution in [3.05, 3.63) is 82.7 Å². The Morgan fingerprint density at radius 3 is 2.90 bits per heavy atom. The van der Waals surface area contributed by atoms with E-state index >= 15 is 0 Å². The zero-order valence-corrected chi connectivity index (χ0v) is 15.8. The van der Waals surface area contributed by atoms with E-state index in [-0.39, 0.29) is 35.1 Å². The molecule has 0 saturated carbocycles. The van der Waals surface area contributed by atoms with Gasteiger partial charge in [-0.05, 0) is 12.5 Å². The van der Waals surface area contributed by atoms with Gasteiger partial charge in [0, 0.05) is 35.4 Å². The lowest BCUT2D eigenvalue weighted by Gasteiger charge is -2.35.